The molecule has 2 aliphatic rings. The number of hydrogen-bond acceptors (Lipinski definition) is 2. The molecular weight excluding hydrogens is 224 g/mol. The molecule has 0 spiro atoms. The molecule has 0 amide bonds. The molecule has 2 nitrogen and oxygen atoms in total. The molecule has 1 aliphatic heterocycles. The van der Waals surface area contributed by atoms with Crippen LogP contribution in [-0.4, -0.2) is 25.4 Å². The molecule has 1 aliphatic carbocycles. The van der Waals surface area contributed by atoms with Crippen LogP contribution in [0.1, 0.15) is 34.6 Å². The third-order valence-electron chi connectivity index (χ3n) is 3.59. The molecule has 2 rings (SSSR count). The van der Waals surface area contributed by atoms with Gasteiger partial charge in [-0.1, -0.05) is 39.0 Å². The number of ether oxygens (including phenoxy) is 2. The van der Waals surface area contributed by atoms with Crippen molar-refractivity contribution in [3.8, 4) is 0 Å². The minimum absolute atomic E-state index is 0.0872. The van der Waals surface area contributed by atoms with Crippen LogP contribution in [-0.2, 0) is 9.47 Å². The summed E-state index contributed by atoms with van der Waals surface area (Å²) in [5.41, 5.74) is 4.16. The molecule has 0 unspecified atom stereocenters. The lowest BCUT2D eigenvalue weighted by Crippen LogP contribution is -2.36. The highest BCUT2D eigenvalue weighted by molar-refractivity contribution is 5.51. The third-order valence-corrected chi connectivity index (χ3v) is 3.59. The van der Waals surface area contributed by atoms with Crippen molar-refractivity contribution >= 4 is 0 Å². The van der Waals surface area contributed by atoms with Crippen LogP contribution in [0.2, 0.25) is 0 Å². The Bertz CT molecular complexity index is 407. The van der Waals surface area contributed by atoms with Gasteiger partial charge in [-0.2, -0.15) is 0 Å². The van der Waals surface area contributed by atoms with Gasteiger partial charge in [0.1, 0.15) is 12.2 Å². The van der Waals surface area contributed by atoms with Crippen molar-refractivity contribution in [3.63, 3.8) is 0 Å². The van der Waals surface area contributed by atoms with Crippen LogP contribution in [0.3, 0.4) is 0 Å². The highest BCUT2D eigenvalue weighted by atomic mass is 16.6. The maximum absolute atomic E-state index is 5.94. The smallest absolute Gasteiger partial charge is 0.113 e. The highest BCUT2D eigenvalue weighted by Gasteiger charge is 2.43. The molecule has 100 valence electrons. The van der Waals surface area contributed by atoms with Gasteiger partial charge in [0.2, 0.25) is 0 Å². The first-order valence-corrected chi connectivity index (χ1v) is 6.74. The summed E-state index contributed by atoms with van der Waals surface area (Å²) in [6.07, 6.45) is 6.53. The lowest BCUT2D eigenvalue weighted by atomic mass is 9.81. The van der Waals surface area contributed by atoms with Gasteiger partial charge in [0, 0.05) is 0 Å². The van der Waals surface area contributed by atoms with Crippen LogP contribution in [0, 0.1) is 5.41 Å². The molecule has 2 heteroatoms. The molecule has 0 saturated carbocycles. The first-order valence-electron chi connectivity index (χ1n) is 6.74. The van der Waals surface area contributed by atoms with Gasteiger partial charge in [-0.05, 0) is 36.0 Å². The number of allylic oxidation sites excluding steroid dienone is 3. The van der Waals surface area contributed by atoms with E-state index in [9.17, 15) is 0 Å². The fourth-order valence-corrected chi connectivity index (χ4v) is 3.04. The van der Waals surface area contributed by atoms with E-state index in [0.717, 1.165) is 0 Å². The molecule has 0 radical (unpaired) electrons. The Morgan fingerprint density at radius 3 is 2.28 bits per heavy atom. The van der Waals surface area contributed by atoms with Crippen LogP contribution in [0.5, 0.6) is 0 Å². The van der Waals surface area contributed by atoms with E-state index in [4.69, 9.17) is 9.47 Å². The second kappa shape index (κ2) is 5.02. The molecule has 0 bridgehead atoms. The Kier molecular flexibility index (Phi) is 3.79. The van der Waals surface area contributed by atoms with Crippen molar-refractivity contribution < 1.29 is 9.47 Å². The van der Waals surface area contributed by atoms with E-state index in [2.05, 4.69) is 45.9 Å². The Morgan fingerprint density at radius 1 is 1.11 bits per heavy atom. The molecule has 18 heavy (non-hydrogen) atoms. The second-order valence-corrected chi connectivity index (χ2v) is 6.04. The minimum atomic E-state index is 0.0872. The van der Waals surface area contributed by atoms with Crippen molar-refractivity contribution in [1.29, 1.82) is 0 Å². The lowest BCUT2D eigenvalue weighted by molar-refractivity contribution is -0.104. The standard InChI is InChI=1S/C16H24O2/c1-6-7-8-12-13(16(3,4)5)11(2)14-15(12)18-10-9-17-14/h6-8,14-15H,9-10H2,1-5H3/b7-6+,12-8+/t14-,15+/m1/s1. The van der Waals surface area contributed by atoms with Gasteiger partial charge in [-0.15, -0.1) is 0 Å². The average Bonchev–Trinajstić information content (AvgIpc) is 2.60. The first kappa shape index (κ1) is 13.6. The van der Waals surface area contributed by atoms with E-state index in [1.807, 2.05) is 6.92 Å². The van der Waals surface area contributed by atoms with Gasteiger partial charge in [-0.3, -0.25) is 0 Å². The Hall–Kier alpha value is -0.860. The van der Waals surface area contributed by atoms with Crippen molar-refractivity contribution in [3.05, 3.63) is 34.9 Å². The third kappa shape index (κ3) is 2.32. The molecule has 1 fully saturated rings. The number of rotatable bonds is 1. The Morgan fingerprint density at radius 2 is 1.72 bits per heavy atom. The zero-order valence-electron chi connectivity index (χ0n) is 12.1. The lowest BCUT2D eigenvalue weighted by Gasteiger charge is -2.29. The van der Waals surface area contributed by atoms with Crippen molar-refractivity contribution in [2.75, 3.05) is 13.2 Å². The zero-order chi connectivity index (χ0) is 13.3. The molecule has 1 heterocycles. The molecule has 0 aromatic heterocycles. The average molecular weight is 248 g/mol. The summed E-state index contributed by atoms with van der Waals surface area (Å²) >= 11 is 0. The molecule has 0 aromatic carbocycles. The molecule has 0 aromatic rings. The Labute approximate surface area is 110 Å². The summed E-state index contributed by atoms with van der Waals surface area (Å²) < 4.78 is 11.8. The predicted molar refractivity (Wildman–Crippen MR) is 74.5 cm³/mol. The molecule has 2 atom stereocenters. The summed E-state index contributed by atoms with van der Waals surface area (Å²) in [5, 5.41) is 0. The summed E-state index contributed by atoms with van der Waals surface area (Å²) in [7, 11) is 0. The van der Waals surface area contributed by atoms with Crippen LogP contribution in [0.25, 0.3) is 0 Å². The monoisotopic (exact) mass is 248 g/mol. The maximum Gasteiger partial charge on any atom is 0.113 e. The van der Waals surface area contributed by atoms with Crippen molar-refractivity contribution in [2.45, 2.75) is 46.8 Å². The fraction of sp³-hybridized carbons (Fsp3) is 0.625. The fourth-order valence-electron chi connectivity index (χ4n) is 3.04. The summed E-state index contributed by atoms with van der Waals surface area (Å²) in [6.45, 7) is 12.4. The molecular formula is C16H24O2. The maximum atomic E-state index is 5.94. The summed E-state index contributed by atoms with van der Waals surface area (Å²) in [6, 6.07) is 0. The second-order valence-electron chi connectivity index (χ2n) is 6.04. The SMILES string of the molecule is C/C=C/C=C1\C(C(C)(C)C)=C(C)[C@H]2OCCO[C@@H]12. The number of fused-ring (bicyclic) bond motifs is 1. The summed E-state index contributed by atoms with van der Waals surface area (Å²) in [4.78, 5) is 0. The van der Waals surface area contributed by atoms with Gasteiger partial charge < -0.3 is 9.47 Å². The van der Waals surface area contributed by atoms with E-state index in [1.54, 1.807) is 0 Å². The van der Waals surface area contributed by atoms with Crippen LogP contribution in [0.15, 0.2) is 34.9 Å². The van der Waals surface area contributed by atoms with E-state index in [-0.39, 0.29) is 17.6 Å². The van der Waals surface area contributed by atoms with Crippen molar-refractivity contribution in [2.24, 2.45) is 5.41 Å². The Balaban J connectivity index is 2.46. The van der Waals surface area contributed by atoms with Gasteiger partial charge in [0.25, 0.3) is 0 Å². The van der Waals surface area contributed by atoms with E-state index in [1.165, 1.54) is 16.7 Å². The zero-order valence-corrected chi connectivity index (χ0v) is 12.1. The van der Waals surface area contributed by atoms with Gasteiger partial charge in [0.15, 0.2) is 0 Å². The van der Waals surface area contributed by atoms with Gasteiger partial charge >= 0.3 is 0 Å². The predicted octanol–water partition coefficient (Wildman–Crippen LogP) is 3.65. The topological polar surface area (TPSA) is 18.5 Å². The molecule has 0 N–H and O–H groups in total. The highest BCUT2D eigenvalue weighted by Crippen LogP contribution is 2.45. The van der Waals surface area contributed by atoms with E-state index in [0.29, 0.717) is 13.2 Å². The first-order chi connectivity index (χ1) is 8.46. The van der Waals surface area contributed by atoms with Crippen LogP contribution in [0.4, 0.5) is 0 Å². The minimum Gasteiger partial charge on any atom is -0.368 e. The van der Waals surface area contributed by atoms with Crippen LogP contribution >= 0.6 is 0 Å². The van der Waals surface area contributed by atoms with Gasteiger partial charge in [-0.25, -0.2) is 0 Å². The quantitative estimate of drug-likeness (QED) is 0.705. The van der Waals surface area contributed by atoms with Crippen molar-refractivity contribution in [1.82, 2.24) is 0 Å². The van der Waals surface area contributed by atoms with E-state index >= 15 is 0 Å². The van der Waals surface area contributed by atoms with E-state index < -0.39 is 0 Å². The van der Waals surface area contributed by atoms with Crippen LogP contribution < -0.4 is 0 Å². The number of hydrogen-bond donors (Lipinski definition) is 0. The summed E-state index contributed by atoms with van der Waals surface area (Å²) in [5.74, 6) is 0. The normalized spacial score (nSPS) is 31.5. The largest absolute Gasteiger partial charge is 0.368 e. The molecule has 1 saturated heterocycles. The van der Waals surface area contributed by atoms with Gasteiger partial charge in [0.05, 0.1) is 13.2 Å².